The zero-order valence-electron chi connectivity index (χ0n) is 33.6. The molecule has 6 aliphatic carbocycles. The second kappa shape index (κ2) is 15.5. The third-order valence-electron chi connectivity index (χ3n) is 15.5. The molecule has 0 aromatic rings. The van der Waals surface area contributed by atoms with Crippen molar-refractivity contribution in [2.75, 3.05) is 0 Å². The minimum Gasteiger partial charge on any atom is -0.481 e. The lowest BCUT2D eigenvalue weighted by Crippen LogP contribution is -2.63. The molecule has 6 fully saturated rings. The van der Waals surface area contributed by atoms with Crippen LogP contribution in [0.4, 0.5) is 0 Å². The number of rotatable bonds is 6. The van der Waals surface area contributed by atoms with Gasteiger partial charge in [0.2, 0.25) is 5.91 Å². The van der Waals surface area contributed by atoms with Crippen LogP contribution in [-0.2, 0) is 23.9 Å². The number of aliphatic carboxylic acids is 2. The molecule has 6 aliphatic rings. The molecule has 3 N–H and O–H groups in total. The molecule has 14 unspecified atom stereocenters. The summed E-state index contributed by atoms with van der Waals surface area (Å²) in [5.74, 6) is -0.114. The maximum absolute atomic E-state index is 14.1. The Balaban J connectivity index is 0.00000111. The summed E-state index contributed by atoms with van der Waals surface area (Å²) in [6, 6.07) is -0.896. The van der Waals surface area contributed by atoms with Gasteiger partial charge < -0.3 is 20.3 Å². The van der Waals surface area contributed by atoms with E-state index in [1.54, 1.807) is 6.08 Å². The number of hydrogen-bond donors (Lipinski definition) is 3. The molecule has 0 aromatic heterocycles. The van der Waals surface area contributed by atoms with Crippen LogP contribution in [0, 0.1) is 74.9 Å². The average Bonchev–Trinajstić information content (AvgIpc) is 3.50. The molecule has 14 atom stereocenters. The van der Waals surface area contributed by atoms with Crippen molar-refractivity contribution in [3.05, 3.63) is 12.7 Å². The zero-order valence-corrected chi connectivity index (χ0v) is 33.6. The largest absolute Gasteiger partial charge is 0.481 e. The number of fused-ring (bicyclic) bond motifs is 7. The summed E-state index contributed by atoms with van der Waals surface area (Å²) >= 11 is 0. The predicted octanol–water partition coefficient (Wildman–Crippen LogP) is 9.16. The third kappa shape index (κ3) is 7.16. The Kier molecular flexibility index (Phi) is 12.6. The Labute approximate surface area is 308 Å². The number of hydrogen-bond acceptors (Lipinski definition) is 5. The van der Waals surface area contributed by atoms with Crippen molar-refractivity contribution < 1.29 is 34.1 Å². The fourth-order valence-corrected chi connectivity index (χ4v) is 13.0. The van der Waals surface area contributed by atoms with Gasteiger partial charge in [-0.25, -0.2) is 4.79 Å². The van der Waals surface area contributed by atoms with Crippen LogP contribution in [-0.4, -0.2) is 46.2 Å². The van der Waals surface area contributed by atoms with Gasteiger partial charge in [0.05, 0.1) is 17.3 Å². The van der Waals surface area contributed by atoms with Crippen LogP contribution in [0.2, 0.25) is 0 Å². The van der Waals surface area contributed by atoms with Crippen molar-refractivity contribution in [1.82, 2.24) is 5.32 Å². The van der Waals surface area contributed by atoms with Crippen LogP contribution in [0.5, 0.6) is 0 Å². The average molecular weight is 714 g/mol. The number of carbonyl (C=O) groups is 4. The van der Waals surface area contributed by atoms with E-state index in [9.17, 15) is 29.4 Å². The SMILES string of the molecule is C=CC.CC.CC1C(C(=O)O)CC1C(=O)OC1CCC2(C)C(CCC3(C)C4CCC5(C(=O)NC(C(=O)O)C(C)(C)C)CCCC5C4CCC23)C1C. The van der Waals surface area contributed by atoms with Gasteiger partial charge >= 0.3 is 17.9 Å². The van der Waals surface area contributed by atoms with Crippen LogP contribution in [0.1, 0.15) is 146 Å². The van der Waals surface area contributed by atoms with Crippen molar-refractivity contribution in [2.24, 2.45) is 74.9 Å². The lowest BCUT2D eigenvalue weighted by Gasteiger charge is -2.67. The minimum atomic E-state index is -0.957. The van der Waals surface area contributed by atoms with Crippen molar-refractivity contribution in [1.29, 1.82) is 0 Å². The zero-order chi connectivity index (χ0) is 38.3. The van der Waals surface area contributed by atoms with E-state index in [4.69, 9.17) is 4.74 Å². The van der Waals surface area contributed by atoms with Gasteiger partial charge in [-0.1, -0.05) is 74.8 Å². The van der Waals surface area contributed by atoms with Crippen LogP contribution >= 0.6 is 0 Å². The lowest BCUT2D eigenvalue weighted by atomic mass is 9.37. The smallest absolute Gasteiger partial charge is 0.326 e. The molecule has 0 radical (unpaired) electrons. The molecule has 51 heavy (non-hydrogen) atoms. The van der Waals surface area contributed by atoms with E-state index in [0.717, 1.165) is 57.8 Å². The fraction of sp³-hybridized carbons (Fsp3) is 0.860. The van der Waals surface area contributed by atoms with Gasteiger partial charge in [0.25, 0.3) is 0 Å². The van der Waals surface area contributed by atoms with Crippen LogP contribution < -0.4 is 5.32 Å². The van der Waals surface area contributed by atoms with Crippen LogP contribution in [0.3, 0.4) is 0 Å². The van der Waals surface area contributed by atoms with E-state index in [2.05, 4.69) is 32.7 Å². The molecule has 6 rings (SSSR count). The number of carbonyl (C=O) groups excluding carboxylic acids is 2. The normalized spacial score (nSPS) is 42.9. The molecule has 8 heteroatoms. The van der Waals surface area contributed by atoms with Crippen molar-refractivity contribution in [2.45, 2.75) is 158 Å². The van der Waals surface area contributed by atoms with Crippen molar-refractivity contribution >= 4 is 23.8 Å². The van der Waals surface area contributed by atoms with E-state index in [0.29, 0.717) is 36.0 Å². The second-order valence-electron chi connectivity index (χ2n) is 18.8. The molecule has 8 nitrogen and oxygen atoms in total. The molecular formula is C43H71NO7. The number of esters is 1. The van der Waals surface area contributed by atoms with E-state index >= 15 is 0 Å². The Morgan fingerprint density at radius 1 is 0.824 bits per heavy atom. The van der Waals surface area contributed by atoms with Gasteiger partial charge in [0.1, 0.15) is 12.1 Å². The van der Waals surface area contributed by atoms with Gasteiger partial charge in [-0.15, -0.1) is 6.58 Å². The maximum Gasteiger partial charge on any atom is 0.326 e. The number of nitrogens with one attached hydrogen (secondary N) is 1. The maximum atomic E-state index is 14.1. The fourth-order valence-electron chi connectivity index (χ4n) is 13.0. The number of allylic oxidation sites excluding steroid dienone is 1. The van der Waals surface area contributed by atoms with Gasteiger partial charge in [-0.3, -0.25) is 14.4 Å². The van der Waals surface area contributed by atoms with Gasteiger partial charge in [0.15, 0.2) is 0 Å². The Hall–Kier alpha value is -2.38. The summed E-state index contributed by atoms with van der Waals surface area (Å²) in [5, 5.41) is 22.4. The standard InChI is InChI=1S/C38H59NO7.C3H6.C2H6/c1-20-23(31(40)41)19-24(20)33(44)46-28-14-17-36(6)25(21(28)2)12-16-37(7)26-13-18-38(34(45)39-30(32(42)43)35(3,4)5)15-8-9-27(38)22(26)10-11-29(36)37;1-3-2;1-2/h20-30H,8-19H2,1-7H3,(H,39,45)(H,40,41)(H,42,43);3H,1H2,2H3;1-2H3. The predicted molar refractivity (Wildman–Crippen MR) is 201 cm³/mol. The Bertz CT molecular complexity index is 1310. The Morgan fingerprint density at radius 2 is 1.41 bits per heavy atom. The van der Waals surface area contributed by atoms with Crippen LogP contribution in [0.15, 0.2) is 12.7 Å². The highest BCUT2D eigenvalue weighted by Crippen LogP contribution is 2.72. The van der Waals surface area contributed by atoms with Gasteiger partial charge in [-0.2, -0.15) is 0 Å². The summed E-state index contributed by atoms with van der Waals surface area (Å²) in [5.41, 5.74) is -0.605. The summed E-state index contributed by atoms with van der Waals surface area (Å²) in [4.78, 5) is 50.8. The monoisotopic (exact) mass is 714 g/mol. The number of amides is 1. The molecule has 0 bridgehead atoms. The summed E-state index contributed by atoms with van der Waals surface area (Å²) in [6.45, 7) is 24.1. The highest BCUT2D eigenvalue weighted by atomic mass is 16.5. The van der Waals surface area contributed by atoms with Gasteiger partial charge in [0, 0.05) is 0 Å². The van der Waals surface area contributed by atoms with Crippen LogP contribution in [0.25, 0.3) is 0 Å². The topological polar surface area (TPSA) is 130 Å². The van der Waals surface area contributed by atoms with E-state index in [1.165, 1.54) is 12.8 Å². The first-order valence-electron chi connectivity index (χ1n) is 20.4. The lowest BCUT2D eigenvalue weighted by molar-refractivity contribution is -0.205. The van der Waals surface area contributed by atoms with E-state index < -0.39 is 34.7 Å². The molecule has 6 saturated carbocycles. The molecule has 0 spiro atoms. The highest BCUT2D eigenvalue weighted by molar-refractivity contribution is 5.88. The summed E-state index contributed by atoms with van der Waals surface area (Å²) < 4.78 is 6.18. The quantitative estimate of drug-likeness (QED) is 0.185. The molecule has 0 heterocycles. The van der Waals surface area contributed by atoms with Crippen molar-refractivity contribution in [3.63, 3.8) is 0 Å². The number of carboxylic acid groups (broad SMARTS) is 2. The first-order chi connectivity index (χ1) is 23.9. The first kappa shape index (κ1) is 41.4. The molecule has 0 aromatic carbocycles. The molecule has 0 saturated heterocycles. The second-order valence-corrected chi connectivity index (χ2v) is 18.8. The highest BCUT2D eigenvalue weighted by Gasteiger charge is 2.66. The minimum absolute atomic E-state index is 0.0183. The molecule has 0 aliphatic heterocycles. The number of ether oxygens (including phenoxy) is 1. The first-order valence-corrected chi connectivity index (χ1v) is 20.4. The van der Waals surface area contributed by atoms with E-state index in [-0.39, 0.29) is 46.6 Å². The third-order valence-corrected chi connectivity index (χ3v) is 15.5. The summed E-state index contributed by atoms with van der Waals surface area (Å²) in [6.07, 6.45) is 13.5. The molecular weight excluding hydrogens is 642 g/mol. The molecule has 290 valence electrons. The Morgan fingerprint density at radius 3 is 1.98 bits per heavy atom. The van der Waals surface area contributed by atoms with Crippen molar-refractivity contribution in [3.8, 4) is 0 Å². The number of carboxylic acids is 2. The van der Waals surface area contributed by atoms with Gasteiger partial charge in [-0.05, 0) is 135 Å². The van der Waals surface area contributed by atoms with E-state index in [1.807, 2.05) is 48.5 Å². The molecule has 1 amide bonds. The summed E-state index contributed by atoms with van der Waals surface area (Å²) in [7, 11) is 0.